The lowest BCUT2D eigenvalue weighted by molar-refractivity contribution is 0.104. The van der Waals surface area contributed by atoms with Gasteiger partial charge in [-0.05, 0) is 43.3 Å². The van der Waals surface area contributed by atoms with Gasteiger partial charge in [0.25, 0.3) is 0 Å². The Morgan fingerprint density at radius 1 is 1.33 bits per heavy atom. The number of carbonyl (C=O) groups is 1. The quantitative estimate of drug-likeness (QED) is 0.664. The SMILES string of the molecule is Cc1c(C=CC(=O)c2ccc(O)cc2)cnn1C. The molecule has 0 atom stereocenters. The monoisotopic (exact) mass is 242 g/mol. The van der Waals surface area contributed by atoms with Crippen LogP contribution in [0, 0.1) is 6.92 Å². The van der Waals surface area contributed by atoms with Crippen molar-refractivity contribution in [1.29, 1.82) is 0 Å². The lowest BCUT2D eigenvalue weighted by atomic mass is 10.1. The van der Waals surface area contributed by atoms with Gasteiger partial charge in [0.15, 0.2) is 5.78 Å². The van der Waals surface area contributed by atoms with E-state index in [-0.39, 0.29) is 11.5 Å². The number of phenols is 1. The van der Waals surface area contributed by atoms with Crippen LogP contribution in [0.2, 0.25) is 0 Å². The van der Waals surface area contributed by atoms with E-state index < -0.39 is 0 Å². The van der Waals surface area contributed by atoms with Crippen molar-refractivity contribution in [2.75, 3.05) is 0 Å². The number of aromatic nitrogens is 2. The van der Waals surface area contributed by atoms with Gasteiger partial charge in [0.1, 0.15) is 5.75 Å². The molecule has 0 aliphatic carbocycles. The summed E-state index contributed by atoms with van der Waals surface area (Å²) in [7, 11) is 1.86. The van der Waals surface area contributed by atoms with E-state index in [1.54, 1.807) is 29.1 Å². The molecule has 1 aromatic heterocycles. The van der Waals surface area contributed by atoms with Crippen molar-refractivity contribution in [1.82, 2.24) is 9.78 Å². The molecule has 1 heterocycles. The summed E-state index contributed by atoms with van der Waals surface area (Å²) in [5.41, 5.74) is 2.47. The van der Waals surface area contributed by atoms with Gasteiger partial charge < -0.3 is 5.11 Å². The molecule has 4 nitrogen and oxygen atoms in total. The fourth-order valence-electron chi connectivity index (χ4n) is 1.57. The van der Waals surface area contributed by atoms with Crippen LogP contribution in [0.15, 0.2) is 36.5 Å². The molecule has 0 radical (unpaired) electrons. The van der Waals surface area contributed by atoms with E-state index in [1.165, 1.54) is 18.2 Å². The van der Waals surface area contributed by atoms with Gasteiger partial charge in [0.2, 0.25) is 0 Å². The second-order valence-corrected chi connectivity index (χ2v) is 4.05. The zero-order chi connectivity index (χ0) is 13.1. The number of benzene rings is 1. The standard InChI is InChI=1S/C14H14N2O2/c1-10-12(9-15-16(10)2)5-8-14(18)11-3-6-13(17)7-4-11/h3-9,17H,1-2H3. The lowest BCUT2D eigenvalue weighted by Gasteiger charge is -1.96. The molecule has 2 rings (SSSR count). The average Bonchev–Trinajstić information content (AvgIpc) is 2.68. The molecule has 0 unspecified atom stereocenters. The Balaban J connectivity index is 2.16. The van der Waals surface area contributed by atoms with Gasteiger partial charge in [-0.15, -0.1) is 0 Å². The predicted octanol–water partition coefficient (Wildman–Crippen LogP) is 2.33. The highest BCUT2D eigenvalue weighted by Crippen LogP contribution is 2.12. The van der Waals surface area contributed by atoms with Crippen molar-refractivity contribution < 1.29 is 9.90 Å². The number of aromatic hydroxyl groups is 1. The first-order valence-corrected chi connectivity index (χ1v) is 5.58. The van der Waals surface area contributed by atoms with Crippen LogP contribution in [0.25, 0.3) is 6.08 Å². The van der Waals surface area contributed by atoms with Gasteiger partial charge >= 0.3 is 0 Å². The molecular weight excluding hydrogens is 228 g/mol. The molecule has 0 bridgehead atoms. The maximum atomic E-state index is 11.9. The maximum absolute atomic E-state index is 11.9. The third-order valence-corrected chi connectivity index (χ3v) is 2.84. The summed E-state index contributed by atoms with van der Waals surface area (Å²) in [6.07, 6.45) is 4.98. The molecule has 4 heteroatoms. The Morgan fingerprint density at radius 3 is 2.56 bits per heavy atom. The topological polar surface area (TPSA) is 55.1 Å². The minimum atomic E-state index is -0.0988. The Hall–Kier alpha value is -2.36. The summed E-state index contributed by atoms with van der Waals surface area (Å²) in [6, 6.07) is 6.18. The Bertz CT molecular complexity index is 595. The van der Waals surface area contributed by atoms with Gasteiger partial charge in [-0.2, -0.15) is 5.10 Å². The van der Waals surface area contributed by atoms with E-state index in [0.29, 0.717) is 5.56 Å². The molecular formula is C14H14N2O2. The van der Waals surface area contributed by atoms with E-state index in [1.807, 2.05) is 14.0 Å². The van der Waals surface area contributed by atoms with Gasteiger partial charge in [-0.1, -0.05) is 0 Å². The number of carbonyl (C=O) groups excluding carboxylic acids is 1. The van der Waals surface area contributed by atoms with Crippen LogP contribution in [0.3, 0.4) is 0 Å². The molecule has 0 spiro atoms. The number of aryl methyl sites for hydroxylation is 1. The minimum Gasteiger partial charge on any atom is -0.508 e. The van der Waals surface area contributed by atoms with Gasteiger partial charge in [-0.3, -0.25) is 9.48 Å². The van der Waals surface area contributed by atoms with E-state index >= 15 is 0 Å². The largest absolute Gasteiger partial charge is 0.508 e. The van der Waals surface area contributed by atoms with Gasteiger partial charge in [-0.25, -0.2) is 0 Å². The van der Waals surface area contributed by atoms with Gasteiger partial charge in [0, 0.05) is 23.9 Å². The molecule has 1 N–H and O–H groups in total. The normalized spacial score (nSPS) is 11.0. The van der Waals surface area contributed by atoms with Crippen molar-refractivity contribution in [2.45, 2.75) is 6.92 Å². The van der Waals surface area contributed by atoms with Crippen LogP contribution in [0.4, 0.5) is 0 Å². The second kappa shape index (κ2) is 4.87. The summed E-state index contributed by atoms with van der Waals surface area (Å²) in [5, 5.41) is 13.2. The third-order valence-electron chi connectivity index (χ3n) is 2.84. The second-order valence-electron chi connectivity index (χ2n) is 4.05. The number of hydrogen-bond donors (Lipinski definition) is 1. The number of allylic oxidation sites excluding steroid dienone is 1. The first-order valence-electron chi connectivity index (χ1n) is 5.58. The van der Waals surface area contributed by atoms with Crippen LogP contribution < -0.4 is 0 Å². The number of hydrogen-bond acceptors (Lipinski definition) is 3. The zero-order valence-electron chi connectivity index (χ0n) is 10.3. The van der Waals surface area contributed by atoms with Crippen molar-refractivity contribution in [3.63, 3.8) is 0 Å². The summed E-state index contributed by atoms with van der Waals surface area (Å²) >= 11 is 0. The van der Waals surface area contributed by atoms with Crippen molar-refractivity contribution in [2.24, 2.45) is 7.05 Å². The predicted molar refractivity (Wildman–Crippen MR) is 69.4 cm³/mol. The highest BCUT2D eigenvalue weighted by molar-refractivity contribution is 6.06. The van der Waals surface area contributed by atoms with E-state index in [2.05, 4.69) is 5.10 Å². The molecule has 18 heavy (non-hydrogen) atoms. The van der Waals surface area contributed by atoms with Crippen molar-refractivity contribution in [3.8, 4) is 5.75 Å². The van der Waals surface area contributed by atoms with Crippen LogP contribution >= 0.6 is 0 Å². The van der Waals surface area contributed by atoms with Gasteiger partial charge in [0.05, 0.1) is 6.20 Å². The first-order chi connectivity index (χ1) is 8.58. The highest BCUT2D eigenvalue weighted by Gasteiger charge is 2.03. The number of rotatable bonds is 3. The van der Waals surface area contributed by atoms with E-state index in [9.17, 15) is 4.79 Å². The number of nitrogens with zero attached hydrogens (tertiary/aromatic N) is 2. The fraction of sp³-hybridized carbons (Fsp3) is 0.143. The Kier molecular flexibility index (Phi) is 3.28. The molecule has 0 amide bonds. The third kappa shape index (κ3) is 2.48. The smallest absolute Gasteiger partial charge is 0.185 e. The van der Waals surface area contributed by atoms with E-state index in [4.69, 9.17) is 5.11 Å². The number of ketones is 1. The Morgan fingerprint density at radius 2 is 2.00 bits per heavy atom. The molecule has 92 valence electrons. The summed E-state index contributed by atoms with van der Waals surface area (Å²) in [5.74, 6) is 0.0527. The van der Waals surface area contributed by atoms with E-state index in [0.717, 1.165) is 11.3 Å². The molecule has 0 fully saturated rings. The number of phenolic OH excluding ortho intramolecular Hbond substituents is 1. The molecule has 0 saturated carbocycles. The molecule has 0 aliphatic heterocycles. The van der Waals surface area contributed by atoms with Crippen molar-refractivity contribution >= 4 is 11.9 Å². The van der Waals surface area contributed by atoms with Crippen LogP contribution in [-0.2, 0) is 7.05 Å². The maximum Gasteiger partial charge on any atom is 0.185 e. The van der Waals surface area contributed by atoms with Crippen LogP contribution in [-0.4, -0.2) is 20.7 Å². The first kappa shape index (κ1) is 12.1. The Labute approximate surface area is 105 Å². The lowest BCUT2D eigenvalue weighted by Crippen LogP contribution is -1.94. The summed E-state index contributed by atoms with van der Waals surface area (Å²) < 4.78 is 1.75. The fourth-order valence-corrected chi connectivity index (χ4v) is 1.57. The minimum absolute atomic E-state index is 0.0988. The summed E-state index contributed by atoms with van der Waals surface area (Å²) in [4.78, 5) is 11.9. The summed E-state index contributed by atoms with van der Waals surface area (Å²) in [6.45, 7) is 1.94. The highest BCUT2D eigenvalue weighted by atomic mass is 16.3. The zero-order valence-corrected chi connectivity index (χ0v) is 10.3. The molecule has 2 aromatic rings. The van der Waals surface area contributed by atoms with Crippen LogP contribution in [0.1, 0.15) is 21.6 Å². The average molecular weight is 242 g/mol. The molecule has 0 saturated heterocycles. The molecule has 0 aliphatic rings. The molecule has 1 aromatic carbocycles. The van der Waals surface area contributed by atoms with Crippen LogP contribution in [0.5, 0.6) is 5.75 Å². The van der Waals surface area contributed by atoms with Crippen molar-refractivity contribution in [3.05, 3.63) is 53.4 Å².